The third-order valence-electron chi connectivity index (χ3n) is 4.76. The molecule has 3 rings (SSSR count). The zero-order valence-electron chi connectivity index (χ0n) is 13.2. The van der Waals surface area contributed by atoms with E-state index in [0.29, 0.717) is 18.9 Å². The van der Waals surface area contributed by atoms with Crippen molar-refractivity contribution >= 4 is 5.91 Å². The maximum atomic E-state index is 12.2. The molecule has 0 spiro atoms. The lowest BCUT2D eigenvalue weighted by Gasteiger charge is -2.33. The molecule has 4 nitrogen and oxygen atoms in total. The van der Waals surface area contributed by atoms with E-state index in [-0.39, 0.29) is 11.9 Å². The average Bonchev–Trinajstić information content (AvgIpc) is 3.22. The van der Waals surface area contributed by atoms with Crippen molar-refractivity contribution in [3.8, 4) is 0 Å². The topological polar surface area (TPSA) is 45.5 Å². The van der Waals surface area contributed by atoms with E-state index in [0.717, 1.165) is 31.7 Å². The Kier molecular flexibility index (Phi) is 5.33. The molecular formula is C18H26N2O2. The molecule has 0 aromatic carbocycles. The molecule has 1 saturated heterocycles. The second kappa shape index (κ2) is 7.63. The number of piperidine rings is 1. The molecule has 0 saturated carbocycles. The normalized spacial score (nSPS) is 23.5. The first kappa shape index (κ1) is 15.3. The van der Waals surface area contributed by atoms with Gasteiger partial charge in [0.1, 0.15) is 5.76 Å². The molecule has 1 amide bonds. The second-order valence-corrected chi connectivity index (χ2v) is 6.40. The molecule has 1 fully saturated rings. The van der Waals surface area contributed by atoms with Gasteiger partial charge in [-0.15, -0.1) is 0 Å². The van der Waals surface area contributed by atoms with E-state index in [2.05, 4.69) is 22.4 Å². The highest BCUT2D eigenvalue weighted by molar-refractivity contribution is 5.76. The van der Waals surface area contributed by atoms with Crippen LogP contribution in [-0.2, 0) is 4.79 Å². The molecule has 1 aliphatic carbocycles. The first-order valence-electron chi connectivity index (χ1n) is 8.54. The van der Waals surface area contributed by atoms with Gasteiger partial charge in [0, 0.05) is 13.0 Å². The minimum Gasteiger partial charge on any atom is -0.468 e. The third kappa shape index (κ3) is 4.01. The van der Waals surface area contributed by atoms with Crippen molar-refractivity contribution in [2.75, 3.05) is 19.6 Å². The van der Waals surface area contributed by atoms with Crippen LogP contribution in [0, 0.1) is 5.92 Å². The van der Waals surface area contributed by atoms with Gasteiger partial charge < -0.3 is 9.73 Å². The Hall–Kier alpha value is -1.55. The molecule has 0 bridgehead atoms. The lowest BCUT2D eigenvalue weighted by molar-refractivity contribution is -0.122. The zero-order chi connectivity index (χ0) is 15.2. The number of nitrogens with one attached hydrogen (secondary N) is 1. The summed E-state index contributed by atoms with van der Waals surface area (Å²) in [4.78, 5) is 14.6. The molecule has 1 aromatic rings. The fourth-order valence-corrected chi connectivity index (χ4v) is 3.51. The molecule has 2 atom stereocenters. The van der Waals surface area contributed by atoms with Crippen molar-refractivity contribution in [1.82, 2.24) is 10.2 Å². The molecule has 1 aliphatic heterocycles. The lowest BCUT2D eigenvalue weighted by atomic mass is 10.0. The Morgan fingerprint density at radius 1 is 1.36 bits per heavy atom. The number of carbonyl (C=O) groups is 1. The zero-order valence-corrected chi connectivity index (χ0v) is 13.2. The summed E-state index contributed by atoms with van der Waals surface area (Å²) in [6.45, 7) is 2.82. The summed E-state index contributed by atoms with van der Waals surface area (Å²) in [5, 5.41) is 3.12. The monoisotopic (exact) mass is 302 g/mol. The second-order valence-electron chi connectivity index (χ2n) is 6.40. The Morgan fingerprint density at radius 3 is 2.91 bits per heavy atom. The summed E-state index contributed by atoms with van der Waals surface area (Å²) in [5.74, 6) is 1.55. The first-order valence-corrected chi connectivity index (χ1v) is 8.54. The molecule has 2 aliphatic rings. The van der Waals surface area contributed by atoms with Gasteiger partial charge in [-0.2, -0.15) is 0 Å². The molecule has 0 radical (unpaired) electrons. The molecule has 1 N–H and O–H groups in total. The van der Waals surface area contributed by atoms with Crippen LogP contribution in [0.15, 0.2) is 35.0 Å². The summed E-state index contributed by atoms with van der Waals surface area (Å²) in [5.41, 5.74) is 0. The number of hydrogen-bond acceptors (Lipinski definition) is 3. The Labute approximate surface area is 132 Å². The van der Waals surface area contributed by atoms with Gasteiger partial charge in [0.2, 0.25) is 5.91 Å². The lowest BCUT2D eigenvalue weighted by Crippen LogP contribution is -2.40. The standard InChI is InChI=1S/C18H26N2O2/c21-18(13-15-7-2-3-8-15)19-14-16(17-9-6-12-22-17)20-10-4-1-5-11-20/h2,6-7,9,12,15-16H,1,3-5,8,10-11,13-14H2,(H,19,21)/t15-,16-/m0/s1. The van der Waals surface area contributed by atoms with Crippen molar-refractivity contribution < 1.29 is 9.21 Å². The minimum absolute atomic E-state index is 0.158. The Bertz CT molecular complexity index is 489. The van der Waals surface area contributed by atoms with E-state index in [4.69, 9.17) is 4.42 Å². The van der Waals surface area contributed by atoms with Crippen LogP contribution >= 0.6 is 0 Å². The summed E-state index contributed by atoms with van der Waals surface area (Å²) < 4.78 is 5.61. The largest absolute Gasteiger partial charge is 0.468 e. The van der Waals surface area contributed by atoms with E-state index in [1.807, 2.05) is 12.1 Å². The summed E-state index contributed by atoms with van der Waals surface area (Å²) in [7, 11) is 0. The summed E-state index contributed by atoms with van der Waals surface area (Å²) in [6, 6.07) is 4.11. The Balaban J connectivity index is 1.55. The van der Waals surface area contributed by atoms with Crippen LogP contribution in [0.25, 0.3) is 0 Å². The van der Waals surface area contributed by atoms with Gasteiger partial charge >= 0.3 is 0 Å². The molecule has 2 heterocycles. The van der Waals surface area contributed by atoms with Crippen LogP contribution in [0.2, 0.25) is 0 Å². The van der Waals surface area contributed by atoms with Gasteiger partial charge in [-0.25, -0.2) is 0 Å². The number of nitrogens with zero attached hydrogens (tertiary/aromatic N) is 1. The number of rotatable bonds is 6. The van der Waals surface area contributed by atoms with Crippen molar-refractivity contribution in [2.24, 2.45) is 5.92 Å². The highest BCUT2D eigenvalue weighted by Gasteiger charge is 2.25. The fourth-order valence-electron chi connectivity index (χ4n) is 3.51. The molecule has 4 heteroatoms. The van der Waals surface area contributed by atoms with E-state index in [1.54, 1.807) is 6.26 Å². The molecule has 120 valence electrons. The predicted octanol–water partition coefficient (Wildman–Crippen LogP) is 3.28. The van der Waals surface area contributed by atoms with Crippen molar-refractivity contribution in [1.29, 1.82) is 0 Å². The minimum atomic E-state index is 0.158. The van der Waals surface area contributed by atoms with Gasteiger partial charge in [0.05, 0.1) is 12.3 Å². The highest BCUT2D eigenvalue weighted by Crippen LogP contribution is 2.25. The van der Waals surface area contributed by atoms with Crippen LogP contribution in [0.1, 0.15) is 50.3 Å². The SMILES string of the molecule is O=C(C[C@H]1C=CCC1)NC[C@@H](c1ccco1)N1CCCCC1. The van der Waals surface area contributed by atoms with Crippen molar-refractivity contribution in [3.63, 3.8) is 0 Å². The summed E-state index contributed by atoms with van der Waals surface area (Å²) >= 11 is 0. The van der Waals surface area contributed by atoms with Gasteiger partial charge in [0.15, 0.2) is 0 Å². The van der Waals surface area contributed by atoms with Gasteiger partial charge in [-0.05, 0) is 56.8 Å². The number of hydrogen-bond donors (Lipinski definition) is 1. The molecule has 1 aromatic heterocycles. The number of likely N-dealkylation sites (tertiary alicyclic amines) is 1. The highest BCUT2D eigenvalue weighted by atomic mass is 16.3. The molecular weight excluding hydrogens is 276 g/mol. The van der Waals surface area contributed by atoms with Gasteiger partial charge in [-0.3, -0.25) is 9.69 Å². The molecule has 22 heavy (non-hydrogen) atoms. The van der Waals surface area contributed by atoms with Crippen LogP contribution in [0.4, 0.5) is 0 Å². The Morgan fingerprint density at radius 2 is 2.23 bits per heavy atom. The van der Waals surface area contributed by atoms with Crippen LogP contribution in [0.3, 0.4) is 0 Å². The van der Waals surface area contributed by atoms with E-state index >= 15 is 0 Å². The fraction of sp³-hybridized carbons (Fsp3) is 0.611. The molecule has 0 unspecified atom stereocenters. The van der Waals surface area contributed by atoms with Crippen LogP contribution in [-0.4, -0.2) is 30.4 Å². The number of allylic oxidation sites excluding steroid dienone is 2. The van der Waals surface area contributed by atoms with Crippen LogP contribution in [0.5, 0.6) is 0 Å². The first-order chi connectivity index (χ1) is 10.8. The average molecular weight is 302 g/mol. The van der Waals surface area contributed by atoms with E-state index in [1.165, 1.54) is 19.3 Å². The quantitative estimate of drug-likeness (QED) is 0.820. The third-order valence-corrected chi connectivity index (χ3v) is 4.76. The van der Waals surface area contributed by atoms with E-state index < -0.39 is 0 Å². The number of amides is 1. The number of furan rings is 1. The maximum absolute atomic E-state index is 12.2. The van der Waals surface area contributed by atoms with Gasteiger partial charge in [0.25, 0.3) is 0 Å². The van der Waals surface area contributed by atoms with Gasteiger partial charge in [-0.1, -0.05) is 18.6 Å². The van der Waals surface area contributed by atoms with Crippen LogP contribution < -0.4 is 5.32 Å². The van der Waals surface area contributed by atoms with E-state index in [9.17, 15) is 4.79 Å². The van der Waals surface area contributed by atoms with Crippen molar-refractivity contribution in [3.05, 3.63) is 36.3 Å². The maximum Gasteiger partial charge on any atom is 0.220 e. The smallest absolute Gasteiger partial charge is 0.220 e. The van der Waals surface area contributed by atoms with Crippen molar-refractivity contribution in [2.45, 2.75) is 44.6 Å². The predicted molar refractivity (Wildman–Crippen MR) is 86.4 cm³/mol. The summed E-state index contributed by atoms with van der Waals surface area (Å²) in [6.07, 6.45) is 12.7. The number of carbonyl (C=O) groups excluding carboxylic acids is 1.